The van der Waals surface area contributed by atoms with Crippen molar-refractivity contribution in [2.75, 3.05) is 60.6 Å². The third kappa shape index (κ3) is 7.64. The monoisotopic (exact) mass is 687 g/mol. The quantitative estimate of drug-likeness (QED) is 0.211. The van der Waals surface area contributed by atoms with E-state index in [0.717, 1.165) is 94.3 Å². The van der Waals surface area contributed by atoms with E-state index in [-0.39, 0.29) is 22.1 Å². The second kappa shape index (κ2) is 14.5. The van der Waals surface area contributed by atoms with Crippen molar-refractivity contribution in [3.8, 4) is 0 Å². The molecule has 0 aromatic heterocycles. The van der Waals surface area contributed by atoms with Crippen LogP contribution in [0.4, 0.5) is 21.5 Å². The molecule has 3 aromatic carbocycles. The Bertz CT molecular complexity index is 1600. The van der Waals surface area contributed by atoms with Gasteiger partial charge < -0.3 is 19.4 Å². The van der Waals surface area contributed by atoms with Crippen molar-refractivity contribution in [1.29, 1.82) is 0 Å². The van der Waals surface area contributed by atoms with E-state index in [2.05, 4.69) is 106 Å². The van der Waals surface area contributed by atoms with Gasteiger partial charge in [0.15, 0.2) is 0 Å². The first-order chi connectivity index (χ1) is 23.3. The summed E-state index contributed by atoms with van der Waals surface area (Å²) >= 11 is 7.29. The van der Waals surface area contributed by atoms with Crippen molar-refractivity contribution in [2.24, 2.45) is 0 Å². The summed E-state index contributed by atoms with van der Waals surface area (Å²) in [5, 5.41) is 0.880. The molecule has 1 atom stereocenters. The second-order valence-electron chi connectivity index (χ2n) is 17.1. The average molecular weight is 688 g/mol. The molecule has 0 unspecified atom stereocenters. The SMILES string of the molecule is CC(C)(C)c1c(F)cccc1N1CCC[C@H]1CCC(C)(C)c1c(Cl)ccc(CC(C)(C)c2ccccc2N2CCOCC2)c1N1CCCC1. The Morgan fingerprint density at radius 2 is 1.43 bits per heavy atom. The van der Waals surface area contributed by atoms with Crippen LogP contribution in [0, 0.1) is 5.82 Å². The van der Waals surface area contributed by atoms with Crippen molar-refractivity contribution in [3.63, 3.8) is 0 Å². The van der Waals surface area contributed by atoms with E-state index < -0.39 is 0 Å². The zero-order valence-electron chi connectivity index (χ0n) is 31.2. The fourth-order valence-corrected chi connectivity index (χ4v) is 9.40. The van der Waals surface area contributed by atoms with Crippen LogP contribution in [-0.4, -0.2) is 52.0 Å². The third-order valence-corrected chi connectivity index (χ3v) is 11.8. The number of ether oxygens (including phenoxy) is 1. The van der Waals surface area contributed by atoms with E-state index in [1.54, 1.807) is 6.07 Å². The first-order valence-corrected chi connectivity index (χ1v) is 19.2. The molecule has 49 heavy (non-hydrogen) atoms. The van der Waals surface area contributed by atoms with Crippen LogP contribution in [0.1, 0.15) is 109 Å². The van der Waals surface area contributed by atoms with Crippen molar-refractivity contribution in [2.45, 2.75) is 116 Å². The van der Waals surface area contributed by atoms with Crippen molar-refractivity contribution >= 4 is 28.7 Å². The van der Waals surface area contributed by atoms with E-state index in [1.807, 2.05) is 6.07 Å². The number of morpholine rings is 1. The van der Waals surface area contributed by atoms with Crippen LogP contribution in [0.5, 0.6) is 0 Å². The molecule has 3 aromatic rings. The maximum atomic E-state index is 15.3. The first kappa shape index (κ1) is 36.0. The lowest BCUT2D eigenvalue weighted by atomic mass is 9.74. The molecule has 6 rings (SSSR count). The van der Waals surface area contributed by atoms with Gasteiger partial charge in [-0.1, -0.05) is 90.4 Å². The summed E-state index contributed by atoms with van der Waals surface area (Å²) in [4.78, 5) is 7.64. The minimum atomic E-state index is -0.262. The molecule has 0 spiro atoms. The Kier molecular flexibility index (Phi) is 10.6. The van der Waals surface area contributed by atoms with E-state index >= 15 is 4.39 Å². The number of benzene rings is 3. The predicted molar refractivity (Wildman–Crippen MR) is 207 cm³/mol. The van der Waals surface area contributed by atoms with E-state index in [0.29, 0.717) is 6.04 Å². The largest absolute Gasteiger partial charge is 0.378 e. The molecule has 0 N–H and O–H groups in total. The van der Waals surface area contributed by atoms with Crippen LogP contribution in [0.15, 0.2) is 54.6 Å². The Morgan fingerprint density at radius 3 is 2.14 bits per heavy atom. The topological polar surface area (TPSA) is 19.0 Å². The minimum absolute atomic E-state index is 0.0846. The van der Waals surface area contributed by atoms with Crippen molar-refractivity contribution < 1.29 is 9.13 Å². The van der Waals surface area contributed by atoms with Gasteiger partial charge in [0.1, 0.15) is 5.82 Å². The lowest BCUT2D eigenvalue weighted by molar-refractivity contribution is 0.122. The summed E-state index contributed by atoms with van der Waals surface area (Å²) in [7, 11) is 0. The Balaban J connectivity index is 1.31. The predicted octanol–water partition coefficient (Wildman–Crippen LogP) is 10.5. The van der Waals surface area contributed by atoms with Crippen LogP contribution in [-0.2, 0) is 27.4 Å². The van der Waals surface area contributed by atoms with Crippen molar-refractivity contribution in [1.82, 2.24) is 0 Å². The molecule has 3 aliphatic rings. The summed E-state index contributed by atoms with van der Waals surface area (Å²) in [6.07, 6.45) is 7.71. The van der Waals surface area contributed by atoms with E-state index in [4.69, 9.17) is 16.3 Å². The molecule has 0 aliphatic carbocycles. The fourth-order valence-electron chi connectivity index (χ4n) is 9.00. The average Bonchev–Trinajstić information content (AvgIpc) is 3.77. The zero-order chi connectivity index (χ0) is 35.0. The second-order valence-corrected chi connectivity index (χ2v) is 17.5. The maximum absolute atomic E-state index is 15.3. The number of hydrogen-bond acceptors (Lipinski definition) is 4. The maximum Gasteiger partial charge on any atom is 0.129 e. The van der Waals surface area contributed by atoms with E-state index in [1.165, 1.54) is 40.9 Å². The molecule has 3 saturated heterocycles. The molecule has 0 radical (unpaired) electrons. The Hall–Kier alpha value is -2.76. The minimum Gasteiger partial charge on any atom is -0.378 e. The lowest BCUT2D eigenvalue weighted by Gasteiger charge is -2.39. The van der Waals surface area contributed by atoms with E-state index in [9.17, 15) is 0 Å². The molecule has 3 heterocycles. The van der Waals surface area contributed by atoms with Gasteiger partial charge in [0.05, 0.1) is 13.2 Å². The van der Waals surface area contributed by atoms with Gasteiger partial charge in [0.2, 0.25) is 0 Å². The van der Waals surface area contributed by atoms with Crippen molar-refractivity contribution in [3.05, 3.63) is 87.7 Å². The van der Waals surface area contributed by atoms with Gasteiger partial charge in [-0.3, -0.25) is 0 Å². The Labute approximate surface area is 301 Å². The van der Waals surface area contributed by atoms with Gasteiger partial charge in [-0.25, -0.2) is 4.39 Å². The normalized spacial score (nSPS) is 19.3. The summed E-state index contributed by atoms with van der Waals surface area (Å²) in [5.41, 5.74) is 8.23. The number of nitrogens with zero attached hydrogens (tertiary/aromatic N) is 3. The molecule has 3 aliphatic heterocycles. The van der Waals surface area contributed by atoms with Gasteiger partial charge in [-0.2, -0.15) is 0 Å². The smallest absolute Gasteiger partial charge is 0.129 e. The van der Waals surface area contributed by atoms with Crippen LogP contribution >= 0.6 is 11.6 Å². The number of para-hydroxylation sites is 1. The number of anilines is 3. The van der Waals surface area contributed by atoms with Crippen LogP contribution in [0.25, 0.3) is 0 Å². The fraction of sp³-hybridized carbons (Fsp3) is 0.581. The van der Waals surface area contributed by atoms with Gasteiger partial charge in [0, 0.05) is 66.4 Å². The lowest BCUT2D eigenvalue weighted by Crippen LogP contribution is -2.38. The van der Waals surface area contributed by atoms with Crippen LogP contribution in [0.2, 0.25) is 5.02 Å². The van der Waals surface area contributed by atoms with Gasteiger partial charge in [-0.15, -0.1) is 0 Å². The molecule has 4 nitrogen and oxygen atoms in total. The first-order valence-electron chi connectivity index (χ1n) is 18.8. The standard InChI is InChI=1S/C43H59ClFN3O/c1-41(2,3)39-35(45)16-12-18-37(39)48-25-13-14-32(48)21-22-42(4,5)38-34(44)20-19-31(40(38)47-23-10-11-24-47)30-43(6,7)33-15-8-9-17-36(33)46-26-28-49-29-27-46/h8-9,12,15-20,32H,10-11,13-14,21-30H2,1-7H3/t32-/m0/s1. The highest BCUT2D eigenvalue weighted by Crippen LogP contribution is 2.47. The van der Waals surface area contributed by atoms with Crippen LogP contribution in [0.3, 0.4) is 0 Å². The Morgan fingerprint density at radius 1 is 0.735 bits per heavy atom. The molecular formula is C43H59ClFN3O. The van der Waals surface area contributed by atoms with Gasteiger partial charge >= 0.3 is 0 Å². The highest BCUT2D eigenvalue weighted by atomic mass is 35.5. The summed E-state index contributed by atoms with van der Waals surface area (Å²) in [5.74, 6) is -0.0923. The number of hydrogen-bond donors (Lipinski definition) is 0. The third-order valence-electron chi connectivity index (χ3n) is 11.5. The molecule has 266 valence electrons. The summed E-state index contributed by atoms with van der Waals surface area (Å²) < 4.78 is 21.0. The molecule has 0 amide bonds. The molecular weight excluding hydrogens is 629 g/mol. The summed E-state index contributed by atoms with van der Waals surface area (Å²) in [6, 6.07) is 19.5. The number of halogens is 2. The number of rotatable bonds is 10. The highest BCUT2D eigenvalue weighted by molar-refractivity contribution is 6.32. The van der Waals surface area contributed by atoms with Gasteiger partial charge in [-0.05, 0) is 102 Å². The molecule has 6 heteroatoms. The zero-order valence-corrected chi connectivity index (χ0v) is 31.9. The highest BCUT2D eigenvalue weighted by Gasteiger charge is 2.37. The molecule has 0 bridgehead atoms. The summed E-state index contributed by atoms with van der Waals surface area (Å²) in [6.45, 7) is 22.6. The van der Waals surface area contributed by atoms with Crippen LogP contribution < -0.4 is 14.7 Å². The molecule has 0 saturated carbocycles. The van der Waals surface area contributed by atoms with Gasteiger partial charge in [0.25, 0.3) is 0 Å². The molecule has 3 fully saturated rings.